The summed E-state index contributed by atoms with van der Waals surface area (Å²) in [4.78, 5) is 13.6. The third-order valence-electron chi connectivity index (χ3n) is 2.62. The first-order valence-electron chi connectivity index (χ1n) is 5.89. The van der Waals surface area contributed by atoms with E-state index >= 15 is 0 Å². The summed E-state index contributed by atoms with van der Waals surface area (Å²) in [6.45, 7) is 1.73. The van der Waals surface area contributed by atoms with Crippen molar-refractivity contribution in [1.82, 2.24) is 20.3 Å². The van der Waals surface area contributed by atoms with Crippen LogP contribution in [0.5, 0.6) is 0 Å². The Morgan fingerprint density at radius 1 is 1.33 bits per heavy atom. The van der Waals surface area contributed by atoms with Crippen LogP contribution in [-0.2, 0) is 0 Å². The van der Waals surface area contributed by atoms with Gasteiger partial charge in [-0.05, 0) is 19.2 Å². The van der Waals surface area contributed by atoms with Crippen LogP contribution in [0.4, 0.5) is 17.5 Å². The summed E-state index contributed by atoms with van der Waals surface area (Å²) in [7, 11) is 3.89. The van der Waals surface area contributed by atoms with Crippen LogP contribution in [0.2, 0.25) is 0 Å². The van der Waals surface area contributed by atoms with Crippen molar-refractivity contribution < 1.29 is 0 Å². The van der Waals surface area contributed by atoms with Gasteiger partial charge in [-0.15, -0.1) is 0 Å². The second-order valence-corrected chi connectivity index (χ2v) is 3.91. The Hall–Kier alpha value is -2.08. The molecule has 0 radical (unpaired) electrons. The summed E-state index contributed by atoms with van der Waals surface area (Å²) in [5, 5.41) is 6.31. The highest BCUT2D eigenvalue weighted by atomic mass is 15.2. The lowest BCUT2D eigenvalue weighted by Crippen LogP contribution is -2.18. The predicted octanol–water partition coefficient (Wildman–Crippen LogP) is 1.20. The summed E-state index contributed by atoms with van der Waals surface area (Å²) in [6.07, 6.45) is 3.45. The smallest absolute Gasteiger partial charge is 0.139 e. The third-order valence-corrected chi connectivity index (χ3v) is 2.62. The molecule has 0 spiro atoms. The molecule has 6 heteroatoms. The number of nitrogens with one attached hydrogen (secondary N) is 3. The number of aromatic nitrogens is 3. The van der Waals surface area contributed by atoms with E-state index in [-0.39, 0.29) is 0 Å². The van der Waals surface area contributed by atoms with Gasteiger partial charge in [0.05, 0.1) is 0 Å². The molecule has 0 bridgehead atoms. The van der Waals surface area contributed by atoms with Crippen LogP contribution >= 0.6 is 0 Å². The maximum absolute atomic E-state index is 4.26. The molecule has 0 amide bonds. The first-order valence-corrected chi connectivity index (χ1v) is 5.89. The molecule has 2 heterocycles. The van der Waals surface area contributed by atoms with Gasteiger partial charge in [-0.25, -0.2) is 9.97 Å². The molecular weight excluding hydrogens is 228 g/mol. The molecule has 0 atom stereocenters. The average molecular weight is 246 g/mol. The van der Waals surface area contributed by atoms with Crippen molar-refractivity contribution >= 4 is 17.5 Å². The van der Waals surface area contributed by atoms with Crippen LogP contribution in [0.3, 0.4) is 0 Å². The molecule has 6 nitrogen and oxygen atoms in total. The first-order chi connectivity index (χ1) is 8.81. The normalized spacial score (nSPS) is 10.3. The summed E-state index contributed by atoms with van der Waals surface area (Å²) in [5.41, 5.74) is 0. The van der Waals surface area contributed by atoms with Crippen molar-refractivity contribution in [2.45, 2.75) is 0 Å². The minimum absolute atomic E-state index is 0.827. The number of likely N-dealkylation sites (N-methyl/N-ethyl adjacent to an activating group) is 1. The Morgan fingerprint density at radius 3 is 2.94 bits per heavy atom. The van der Waals surface area contributed by atoms with Crippen molar-refractivity contribution in [3.05, 3.63) is 30.7 Å². The number of aromatic amines is 1. The van der Waals surface area contributed by atoms with Crippen molar-refractivity contribution in [3.8, 4) is 0 Å². The highest BCUT2D eigenvalue weighted by molar-refractivity contribution is 5.58. The predicted molar refractivity (Wildman–Crippen MR) is 73.3 cm³/mol. The fourth-order valence-electron chi connectivity index (χ4n) is 1.60. The van der Waals surface area contributed by atoms with Crippen LogP contribution in [-0.4, -0.2) is 42.1 Å². The van der Waals surface area contributed by atoms with Gasteiger partial charge >= 0.3 is 0 Å². The number of hydrogen-bond donors (Lipinski definition) is 3. The molecule has 18 heavy (non-hydrogen) atoms. The number of H-pyrrole nitrogens is 1. The van der Waals surface area contributed by atoms with Gasteiger partial charge in [0.15, 0.2) is 0 Å². The molecular formula is C12H18N6. The molecule has 0 aliphatic rings. The summed E-state index contributed by atoms with van der Waals surface area (Å²) < 4.78 is 0. The van der Waals surface area contributed by atoms with Gasteiger partial charge in [0.25, 0.3) is 0 Å². The van der Waals surface area contributed by atoms with Gasteiger partial charge in [0, 0.05) is 32.4 Å². The van der Waals surface area contributed by atoms with E-state index < -0.39 is 0 Å². The minimum Gasteiger partial charge on any atom is -0.369 e. The SMILES string of the molecule is CNCCNc1cc(N(C)c2ccc[nH]2)ncn1. The van der Waals surface area contributed by atoms with Gasteiger partial charge in [0.2, 0.25) is 0 Å². The Bertz CT molecular complexity index is 467. The highest BCUT2D eigenvalue weighted by Gasteiger charge is 2.06. The van der Waals surface area contributed by atoms with E-state index in [1.807, 2.05) is 43.4 Å². The summed E-state index contributed by atoms with van der Waals surface area (Å²) >= 11 is 0. The van der Waals surface area contributed by atoms with Crippen molar-refractivity contribution in [2.24, 2.45) is 0 Å². The van der Waals surface area contributed by atoms with E-state index in [1.54, 1.807) is 6.33 Å². The maximum atomic E-state index is 4.26. The molecule has 0 unspecified atom stereocenters. The van der Waals surface area contributed by atoms with Gasteiger partial charge in [-0.3, -0.25) is 0 Å². The molecule has 0 fully saturated rings. The zero-order chi connectivity index (χ0) is 12.8. The van der Waals surface area contributed by atoms with Crippen LogP contribution in [0.15, 0.2) is 30.7 Å². The number of nitrogens with zero attached hydrogens (tertiary/aromatic N) is 3. The molecule has 0 saturated carbocycles. The Balaban J connectivity index is 2.07. The molecule has 0 aliphatic heterocycles. The standard InChI is InChI=1S/C12H18N6/c1-13-6-7-14-10-8-12(17-9-16-10)18(2)11-4-3-5-15-11/h3-5,8-9,13,15H,6-7H2,1-2H3,(H,14,16,17). The Kier molecular flexibility index (Phi) is 4.14. The van der Waals surface area contributed by atoms with E-state index in [9.17, 15) is 0 Å². The van der Waals surface area contributed by atoms with Gasteiger partial charge < -0.3 is 20.5 Å². The summed E-state index contributed by atoms with van der Waals surface area (Å²) in [5.74, 6) is 2.67. The van der Waals surface area contributed by atoms with Crippen molar-refractivity contribution in [3.63, 3.8) is 0 Å². The summed E-state index contributed by atoms with van der Waals surface area (Å²) in [6, 6.07) is 5.88. The molecule has 2 aromatic heterocycles. The lowest BCUT2D eigenvalue weighted by molar-refractivity contribution is 0.820. The largest absolute Gasteiger partial charge is 0.369 e. The highest BCUT2D eigenvalue weighted by Crippen LogP contribution is 2.20. The van der Waals surface area contributed by atoms with Crippen LogP contribution in [0, 0.1) is 0 Å². The topological polar surface area (TPSA) is 68.9 Å². The lowest BCUT2D eigenvalue weighted by Gasteiger charge is -2.16. The third kappa shape index (κ3) is 2.98. The zero-order valence-electron chi connectivity index (χ0n) is 10.6. The monoisotopic (exact) mass is 246 g/mol. The fourth-order valence-corrected chi connectivity index (χ4v) is 1.60. The van der Waals surface area contributed by atoms with Crippen molar-refractivity contribution in [2.75, 3.05) is 37.4 Å². The second-order valence-electron chi connectivity index (χ2n) is 3.91. The molecule has 0 saturated heterocycles. The molecule has 2 aromatic rings. The number of hydrogen-bond acceptors (Lipinski definition) is 5. The van der Waals surface area contributed by atoms with Crippen LogP contribution in [0.1, 0.15) is 0 Å². The van der Waals surface area contributed by atoms with Crippen LogP contribution < -0.4 is 15.5 Å². The number of anilines is 3. The van der Waals surface area contributed by atoms with E-state index in [4.69, 9.17) is 0 Å². The second kappa shape index (κ2) is 6.02. The number of rotatable bonds is 6. The molecule has 96 valence electrons. The molecule has 3 N–H and O–H groups in total. The Morgan fingerprint density at radius 2 is 2.22 bits per heavy atom. The molecule has 0 aliphatic carbocycles. The quantitative estimate of drug-likeness (QED) is 0.668. The van der Waals surface area contributed by atoms with Crippen molar-refractivity contribution in [1.29, 1.82) is 0 Å². The minimum atomic E-state index is 0.827. The zero-order valence-corrected chi connectivity index (χ0v) is 10.6. The van der Waals surface area contributed by atoms with E-state index in [0.29, 0.717) is 0 Å². The molecule has 2 rings (SSSR count). The van der Waals surface area contributed by atoms with E-state index in [0.717, 1.165) is 30.5 Å². The van der Waals surface area contributed by atoms with Gasteiger partial charge in [-0.2, -0.15) is 0 Å². The van der Waals surface area contributed by atoms with Gasteiger partial charge in [0.1, 0.15) is 23.8 Å². The fraction of sp³-hybridized carbons (Fsp3) is 0.333. The van der Waals surface area contributed by atoms with E-state index in [2.05, 4.69) is 25.6 Å². The molecule has 0 aromatic carbocycles. The van der Waals surface area contributed by atoms with Gasteiger partial charge in [-0.1, -0.05) is 0 Å². The lowest BCUT2D eigenvalue weighted by atomic mass is 10.4. The van der Waals surface area contributed by atoms with E-state index in [1.165, 1.54) is 0 Å². The average Bonchev–Trinajstić information content (AvgIpc) is 2.92. The maximum Gasteiger partial charge on any atom is 0.139 e. The van der Waals surface area contributed by atoms with Crippen LogP contribution in [0.25, 0.3) is 0 Å². The Labute approximate surface area is 106 Å². The first kappa shape index (κ1) is 12.4.